The first-order valence-corrected chi connectivity index (χ1v) is 7.38. The molecule has 0 atom stereocenters. The lowest BCUT2D eigenvalue weighted by atomic mass is 10.2. The SMILES string of the molecule is Nc1c(N=Nc2ccccc2)c(=O)n2c(=O)c3ccccc3c(=O)n12. The average Bonchev–Trinajstić information content (AvgIpc) is 2.90. The highest BCUT2D eigenvalue weighted by atomic mass is 16.2. The fraction of sp³-hybridized carbons (Fsp3) is 0. The standard InChI is InChI=1S/C17H11N5O3/c18-14-13(20-19-10-6-2-1-3-7-10)17(25)22-16(24)12-9-5-4-8-11(12)15(23)21(14)22/h1-9H,18H2. The lowest BCUT2D eigenvalue weighted by molar-refractivity contribution is 0.760. The molecule has 0 unspecified atom stereocenters. The minimum absolute atomic E-state index is 0.145. The highest BCUT2D eigenvalue weighted by Crippen LogP contribution is 2.20. The van der Waals surface area contributed by atoms with Crippen molar-refractivity contribution >= 4 is 28.0 Å². The van der Waals surface area contributed by atoms with Crippen LogP contribution in [0.3, 0.4) is 0 Å². The molecule has 2 N–H and O–H groups in total. The largest absolute Gasteiger partial charge is 0.382 e. The van der Waals surface area contributed by atoms with Crippen LogP contribution < -0.4 is 22.4 Å². The van der Waals surface area contributed by atoms with Crippen molar-refractivity contribution in [3.05, 3.63) is 85.7 Å². The van der Waals surface area contributed by atoms with E-state index in [0.717, 1.165) is 4.52 Å². The molecular weight excluding hydrogens is 322 g/mol. The second-order valence-corrected chi connectivity index (χ2v) is 5.35. The van der Waals surface area contributed by atoms with E-state index in [0.29, 0.717) is 10.2 Å². The smallest absolute Gasteiger partial charge is 0.304 e. The summed E-state index contributed by atoms with van der Waals surface area (Å²) >= 11 is 0. The van der Waals surface area contributed by atoms with Gasteiger partial charge in [0, 0.05) is 0 Å². The molecule has 2 aromatic heterocycles. The number of rotatable bonds is 2. The van der Waals surface area contributed by atoms with E-state index in [2.05, 4.69) is 10.2 Å². The first-order valence-electron chi connectivity index (χ1n) is 7.38. The summed E-state index contributed by atoms with van der Waals surface area (Å²) < 4.78 is 1.53. The van der Waals surface area contributed by atoms with E-state index in [4.69, 9.17) is 5.73 Å². The quantitative estimate of drug-likeness (QED) is 0.563. The molecule has 0 amide bonds. The molecule has 4 rings (SSSR count). The van der Waals surface area contributed by atoms with Gasteiger partial charge in [-0.05, 0) is 24.3 Å². The Morgan fingerprint density at radius 1 is 0.680 bits per heavy atom. The van der Waals surface area contributed by atoms with Gasteiger partial charge in [0.1, 0.15) is 0 Å². The number of azo groups is 1. The van der Waals surface area contributed by atoms with E-state index in [-0.39, 0.29) is 22.3 Å². The monoisotopic (exact) mass is 333 g/mol. The summed E-state index contributed by atoms with van der Waals surface area (Å²) in [6, 6.07) is 15.0. The van der Waals surface area contributed by atoms with Crippen LogP contribution in [0.5, 0.6) is 0 Å². The maximum absolute atomic E-state index is 12.6. The van der Waals surface area contributed by atoms with Crippen molar-refractivity contribution in [2.75, 3.05) is 5.73 Å². The van der Waals surface area contributed by atoms with E-state index in [1.807, 2.05) is 6.07 Å². The Morgan fingerprint density at radius 3 is 1.88 bits per heavy atom. The van der Waals surface area contributed by atoms with Crippen molar-refractivity contribution < 1.29 is 0 Å². The minimum atomic E-state index is -0.787. The van der Waals surface area contributed by atoms with Gasteiger partial charge in [0.05, 0.1) is 16.5 Å². The van der Waals surface area contributed by atoms with Gasteiger partial charge < -0.3 is 5.73 Å². The molecule has 0 aliphatic heterocycles. The van der Waals surface area contributed by atoms with Gasteiger partial charge >= 0.3 is 5.56 Å². The van der Waals surface area contributed by atoms with Crippen LogP contribution in [0.4, 0.5) is 17.2 Å². The number of nitrogens with zero attached hydrogens (tertiary/aromatic N) is 4. The molecule has 2 heterocycles. The summed E-state index contributed by atoms with van der Waals surface area (Å²) in [6.07, 6.45) is 0. The minimum Gasteiger partial charge on any atom is -0.382 e. The molecule has 0 saturated heterocycles. The molecule has 4 aromatic rings. The number of nitrogen functional groups attached to an aromatic ring is 1. The predicted octanol–water partition coefficient (Wildman–Crippen LogP) is 1.71. The summed E-state index contributed by atoms with van der Waals surface area (Å²) in [5.41, 5.74) is 4.19. The molecule has 122 valence electrons. The zero-order valence-corrected chi connectivity index (χ0v) is 12.8. The van der Waals surface area contributed by atoms with Gasteiger partial charge in [-0.3, -0.25) is 14.4 Å². The third-order valence-corrected chi connectivity index (χ3v) is 3.86. The number of benzene rings is 2. The van der Waals surface area contributed by atoms with Crippen LogP contribution in [-0.2, 0) is 0 Å². The number of hydrogen-bond acceptors (Lipinski definition) is 6. The number of hydrogen-bond donors (Lipinski definition) is 1. The molecule has 8 nitrogen and oxygen atoms in total. The fourth-order valence-corrected chi connectivity index (χ4v) is 2.67. The van der Waals surface area contributed by atoms with Crippen LogP contribution in [0, 0.1) is 0 Å². The number of anilines is 1. The van der Waals surface area contributed by atoms with Crippen molar-refractivity contribution in [2.24, 2.45) is 10.2 Å². The summed E-state index contributed by atoms with van der Waals surface area (Å²) in [7, 11) is 0. The van der Waals surface area contributed by atoms with Crippen LogP contribution >= 0.6 is 0 Å². The number of aromatic nitrogens is 2. The van der Waals surface area contributed by atoms with Gasteiger partial charge in [-0.25, -0.2) is 0 Å². The first kappa shape index (κ1) is 14.8. The second-order valence-electron chi connectivity index (χ2n) is 5.35. The Morgan fingerprint density at radius 2 is 1.24 bits per heavy atom. The Bertz CT molecular complexity index is 1310. The molecule has 8 heteroatoms. The molecule has 0 spiro atoms. The van der Waals surface area contributed by atoms with E-state index in [1.165, 1.54) is 12.1 Å². The van der Waals surface area contributed by atoms with E-state index in [1.54, 1.807) is 36.4 Å². The lowest BCUT2D eigenvalue weighted by Crippen LogP contribution is -2.34. The van der Waals surface area contributed by atoms with Crippen molar-refractivity contribution in [1.82, 2.24) is 9.03 Å². The van der Waals surface area contributed by atoms with E-state index in [9.17, 15) is 14.4 Å². The molecule has 0 radical (unpaired) electrons. The Hall–Kier alpha value is -3.81. The summed E-state index contributed by atoms with van der Waals surface area (Å²) in [6.45, 7) is 0. The Labute approximate surface area is 139 Å². The van der Waals surface area contributed by atoms with E-state index >= 15 is 0 Å². The molecule has 2 aromatic carbocycles. The van der Waals surface area contributed by atoms with Gasteiger partial charge in [0.15, 0.2) is 11.5 Å². The van der Waals surface area contributed by atoms with E-state index < -0.39 is 16.7 Å². The topological polar surface area (TPSA) is 111 Å². The van der Waals surface area contributed by atoms with Gasteiger partial charge in [0.2, 0.25) is 0 Å². The third kappa shape index (κ3) is 2.12. The molecular formula is C17H11N5O3. The second kappa shape index (κ2) is 5.38. The maximum Gasteiger partial charge on any atom is 0.304 e. The Kier molecular flexibility index (Phi) is 3.17. The number of fused-ring (bicyclic) bond motifs is 2. The van der Waals surface area contributed by atoms with Gasteiger partial charge in [-0.2, -0.15) is 14.1 Å². The van der Waals surface area contributed by atoms with Gasteiger partial charge in [-0.15, -0.1) is 5.11 Å². The van der Waals surface area contributed by atoms with Crippen LogP contribution in [0.15, 0.2) is 79.2 Å². The van der Waals surface area contributed by atoms with Crippen molar-refractivity contribution in [1.29, 1.82) is 0 Å². The molecule has 25 heavy (non-hydrogen) atoms. The van der Waals surface area contributed by atoms with Crippen molar-refractivity contribution in [3.63, 3.8) is 0 Å². The molecule has 0 bridgehead atoms. The highest BCUT2D eigenvalue weighted by molar-refractivity contribution is 5.81. The molecule has 0 aliphatic carbocycles. The zero-order valence-electron chi connectivity index (χ0n) is 12.8. The molecule has 0 fully saturated rings. The van der Waals surface area contributed by atoms with Crippen LogP contribution in [-0.4, -0.2) is 9.03 Å². The summed E-state index contributed by atoms with van der Waals surface area (Å²) in [4.78, 5) is 37.7. The Balaban J connectivity index is 2.07. The van der Waals surface area contributed by atoms with Crippen LogP contribution in [0.1, 0.15) is 0 Å². The summed E-state index contributed by atoms with van der Waals surface area (Å²) in [5, 5.41) is 8.12. The van der Waals surface area contributed by atoms with Crippen LogP contribution in [0.25, 0.3) is 10.8 Å². The molecule has 0 aliphatic rings. The predicted molar refractivity (Wildman–Crippen MR) is 93.4 cm³/mol. The zero-order chi connectivity index (χ0) is 17.6. The highest BCUT2D eigenvalue weighted by Gasteiger charge is 2.20. The third-order valence-electron chi connectivity index (χ3n) is 3.86. The molecule has 0 saturated carbocycles. The maximum atomic E-state index is 12.6. The van der Waals surface area contributed by atoms with Crippen molar-refractivity contribution in [2.45, 2.75) is 0 Å². The van der Waals surface area contributed by atoms with Gasteiger partial charge in [-0.1, -0.05) is 30.3 Å². The lowest BCUT2D eigenvalue weighted by Gasteiger charge is -2.00. The van der Waals surface area contributed by atoms with Crippen LogP contribution in [0.2, 0.25) is 0 Å². The fourth-order valence-electron chi connectivity index (χ4n) is 2.67. The average molecular weight is 333 g/mol. The first-order chi connectivity index (χ1) is 12.1. The van der Waals surface area contributed by atoms with Gasteiger partial charge in [0.25, 0.3) is 11.1 Å². The normalized spacial score (nSPS) is 11.7. The summed E-state index contributed by atoms with van der Waals surface area (Å²) in [5.74, 6) is -0.225. The van der Waals surface area contributed by atoms with Crippen molar-refractivity contribution in [3.8, 4) is 0 Å². The number of nitrogens with two attached hydrogens (primary N) is 1.